The van der Waals surface area contributed by atoms with Gasteiger partial charge in [0.15, 0.2) is 0 Å². The zero-order valence-electron chi connectivity index (χ0n) is 10.1. The van der Waals surface area contributed by atoms with Crippen LogP contribution in [0.5, 0.6) is 0 Å². The van der Waals surface area contributed by atoms with E-state index < -0.39 is 0 Å². The molecule has 0 aliphatic carbocycles. The number of carbonyl (C=O) groups is 1. The lowest BCUT2D eigenvalue weighted by Gasteiger charge is -2.26. The number of hydrogen-bond acceptors (Lipinski definition) is 3. The third-order valence-electron chi connectivity index (χ3n) is 3.19. The normalized spacial score (nSPS) is 23.5. The molecule has 0 spiro atoms. The predicted octanol–water partition coefficient (Wildman–Crippen LogP) is 0.276. The molecule has 0 aromatic heterocycles. The van der Waals surface area contributed by atoms with Gasteiger partial charge in [0, 0.05) is 19.1 Å². The topological polar surface area (TPSA) is 49.6 Å². The van der Waals surface area contributed by atoms with Crippen LogP contribution in [0.2, 0.25) is 0 Å². The summed E-state index contributed by atoms with van der Waals surface area (Å²) in [6.07, 6.45) is 1.08. The average molecular weight is 213 g/mol. The summed E-state index contributed by atoms with van der Waals surface area (Å²) in [4.78, 5) is 16.0. The SMILES string of the molecule is CCN(CC)C1CCN(C(=O)C(C)N)C1. The van der Waals surface area contributed by atoms with Crippen LogP contribution in [0.1, 0.15) is 27.2 Å². The van der Waals surface area contributed by atoms with E-state index in [9.17, 15) is 4.79 Å². The number of hydrogen-bond donors (Lipinski definition) is 1. The Labute approximate surface area is 92.4 Å². The Balaban J connectivity index is 2.48. The van der Waals surface area contributed by atoms with Crippen LogP contribution in [0.15, 0.2) is 0 Å². The summed E-state index contributed by atoms with van der Waals surface area (Å²) in [6, 6.07) is 0.170. The molecule has 2 atom stereocenters. The number of likely N-dealkylation sites (tertiary alicyclic amines) is 1. The number of carbonyl (C=O) groups excluding carboxylic acids is 1. The molecule has 1 amide bonds. The van der Waals surface area contributed by atoms with Gasteiger partial charge in [-0.05, 0) is 26.4 Å². The fraction of sp³-hybridized carbons (Fsp3) is 0.909. The largest absolute Gasteiger partial charge is 0.340 e. The fourth-order valence-corrected chi connectivity index (χ4v) is 2.27. The molecule has 0 radical (unpaired) electrons. The molecule has 0 aromatic carbocycles. The number of nitrogens with zero attached hydrogens (tertiary/aromatic N) is 2. The standard InChI is InChI=1S/C11H23N3O/c1-4-13(5-2)10-6-7-14(8-10)11(15)9(3)12/h9-10H,4-8,12H2,1-3H3. The van der Waals surface area contributed by atoms with Crippen molar-refractivity contribution in [1.29, 1.82) is 0 Å². The minimum Gasteiger partial charge on any atom is -0.340 e. The second-order valence-corrected chi connectivity index (χ2v) is 4.24. The Morgan fingerprint density at radius 2 is 2.13 bits per heavy atom. The molecule has 0 bridgehead atoms. The van der Waals surface area contributed by atoms with E-state index in [0.717, 1.165) is 32.6 Å². The van der Waals surface area contributed by atoms with Crippen molar-refractivity contribution in [3.63, 3.8) is 0 Å². The lowest BCUT2D eigenvalue weighted by atomic mass is 10.2. The van der Waals surface area contributed by atoms with Gasteiger partial charge in [-0.1, -0.05) is 13.8 Å². The summed E-state index contributed by atoms with van der Waals surface area (Å²) in [5, 5.41) is 0. The predicted molar refractivity (Wildman–Crippen MR) is 61.6 cm³/mol. The smallest absolute Gasteiger partial charge is 0.239 e. The summed E-state index contributed by atoms with van der Waals surface area (Å²) in [5.74, 6) is 0.0876. The Morgan fingerprint density at radius 3 is 2.60 bits per heavy atom. The molecule has 1 aliphatic heterocycles. The van der Waals surface area contributed by atoms with E-state index in [-0.39, 0.29) is 11.9 Å². The Hall–Kier alpha value is -0.610. The van der Waals surface area contributed by atoms with Gasteiger partial charge in [-0.15, -0.1) is 0 Å². The third kappa shape index (κ3) is 2.92. The molecule has 2 N–H and O–H groups in total. The highest BCUT2D eigenvalue weighted by atomic mass is 16.2. The average Bonchev–Trinajstić information content (AvgIpc) is 2.67. The van der Waals surface area contributed by atoms with Crippen molar-refractivity contribution in [2.24, 2.45) is 5.73 Å². The van der Waals surface area contributed by atoms with Gasteiger partial charge in [-0.2, -0.15) is 0 Å². The van der Waals surface area contributed by atoms with Gasteiger partial charge in [-0.3, -0.25) is 9.69 Å². The first-order valence-corrected chi connectivity index (χ1v) is 5.88. The molecule has 0 aromatic rings. The minimum atomic E-state index is -0.361. The van der Waals surface area contributed by atoms with Crippen molar-refractivity contribution in [3.8, 4) is 0 Å². The van der Waals surface area contributed by atoms with Crippen LogP contribution in [0.4, 0.5) is 0 Å². The maximum Gasteiger partial charge on any atom is 0.239 e. The van der Waals surface area contributed by atoms with Gasteiger partial charge in [0.1, 0.15) is 0 Å². The van der Waals surface area contributed by atoms with E-state index >= 15 is 0 Å². The van der Waals surface area contributed by atoms with Crippen molar-refractivity contribution in [3.05, 3.63) is 0 Å². The van der Waals surface area contributed by atoms with Gasteiger partial charge in [-0.25, -0.2) is 0 Å². The first-order valence-electron chi connectivity index (χ1n) is 5.88. The summed E-state index contributed by atoms with van der Waals surface area (Å²) >= 11 is 0. The number of nitrogens with two attached hydrogens (primary N) is 1. The molecule has 1 heterocycles. The van der Waals surface area contributed by atoms with Crippen molar-refractivity contribution < 1.29 is 4.79 Å². The van der Waals surface area contributed by atoms with Crippen LogP contribution in [0.25, 0.3) is 0 Å². The molecule has 88 valence electrons. The molecule has 1 fully saturated rings. The second-order valence-electron chi connectivity index (χ2n) is 4.24. The zero-order chi connectivity index (χ0) is 11.4. The zero-order valence-corrected chi connectivity index (χ0v) is 10.1. The summed E-state index contributed by atoms with van der Waals surface area (Å²) < 4.78 is 0. The van der Waals surface area contributed by atoms with Crippen LogP contribution in [0.3, 0.4) is 0 Å². The first-order chi connectivity index (χ1) is 7.10. The van der Waals surface area contributed by atoms with Gasteiger partial charge in [0.25, 0.3) is 0 Å². The highest BCUT2D eigenvalue weighted by Gasteiger charge is 2.29. The third-order valence-corrected chi connectivity index (χ3v) is 3.19. The quantitative estimate of drug-likeness (QED) is 0.729. The Bertz CT molecular complexity index is 214. The highest BCUT2D eigenvalue weighted by molar-refractivity contribution is 5.81. The summed E-state index contributed by atoms with van der Waals surface area (Å²) in [7, 11) is 0. The number of amides is 1. The molecular weight excluding hydrogens is 190 g/mol. The van der Waals surface area contributed by atoms with E-state index in [1.54, 1.807) is 6.92 Å². The Morgan fingerprint density at radius 1 is 1.53 bits per heavy atom. The Kier molecular flexibility index (Phi) is 4.54. The van der Waals surface area contributed by atoms with E-state index in [4.69, 9.17) is 5.73 Å². The molecule has 4 nitrogen and oxygen atoms in total. The van der Waals surface area contributed by atoms with Gasteiger partial charge in [0.05, 0.1) is 6.04 Å². The van der Waals surface area contributed by atoms with E-state index in [0.29, 0.717) is 6.04 Å². The van der Waals surface area contributed by atoms with E-state index in [2.05, 4.69) is 18.7 Å². The first kappa shape index (κ1) is 12.5. The van der Waals surface area contributed by atoms with Crippen LogP contribution in [-0.2, 0) is 4.79 Å². The molecule has 4 heteroatoms. The molecular formula is C11H23N3O. The highest BCUT2D eigenvalue weighted by Crippen LogP contribution is 2.15. The molecule has 1 aliphatic rings. The van der Waals surface area contributed by atoms with E-state index in [1.165, 1.54) is 0 Å². The van der Waals surface area contributed by atoms with Crippen LogP contribution >= 0.6 is 0 Å². The molecule has 1 rings (SSSR count). The maximum absolute atomic E-state index is 11.7. The van der Waals surface area contributed by atoms with Crippen LogP contribution < -0.4 is 5.73 Å². The summed E-state index contributed by atoms with van der Waals surface area (Å²) in [6.45, 7) is 9.92. The summed E-state index contributed by atoms with van der Waals surface area (Å²) in [5.41, 5.74) is 5.60. The van der Waals surface area contributed by atoms with Crippen LogP contribution in [0, 0.1) is 0 Å². The lowest BCUT2D eigenvalue weighted by Crippen LogP contribution is -2.43. The van der Waals surface area contributed by atoms with E-state index in [1.807, 2.05) is 4.90 Å². The van der Waals surface area contributed by atoms with Gasteiger partial charge in [0.2, 0.25) is 5.91 Å². The van der Waals surface area contributed by atoms with Crippen molar-refractivity contribution in [1.82, 2.24) is 9.80 Å². The maximum atomic E-state index is 11.7. The molecule has 15 heavy (non-hydrogen) atoms. The fourth-order valence-electron chi connectivity index (χ4n) is 2.27. The lowest BCUT2D eigenvalue weighted by molar-refractivity contribution is -0.131. The molecule has 2 unspecified atom stereocenters. The monoisotopic (exact) mass is 213 g/mol. The van der Waals surface area contributed by atoms with Crippen LogP contribution in [-0.4, -0.2) is 54.0 Å². The van der Waals surface area contributed by atoms with Gasteiger partial charge < -0.3 is 10.6 Å². The molecule has 1 saturated heterocycles. The molecule has 0 saturated carbocycles. The number of likely N-dealkylation sites (N-methyl/N-ethyl adjacent to an activating group) is 1. The van der Waals surface area contributed by atoms with Crippen molar-refractivity contribution in [2.45, 2.75) is 39.3 Å². The van der Waals surface area contributed by atoms with Crippen molar-refractivity contribution >= 4 is 5.91 Å². The van der Waals surface area contributed by atoms with Crippen molar-refractivity contribution in [2.75, 3.05) is 26.2 Å². The minimum absolute atomic E-state index is 0.0876. The van der Waals surface area contributed by atoms with Gasteiger partial charge >= 0.3 is 0 Å². The number of rotatable bonds is 4. The second kappa shape index (κ2) is 5.47.